The molecule has 1 saturated heterocycles. The maximum atomic E-state index is 12.9. The molecule has 0 spiro atoms. The van der Waals surface area contributed by atoms with E-state index in [2.05, 4.69) is 56.6 Å². The Bertz CT molecular complexity index is 1980. The number of piperazine rings is 1. The SMILES string of the molecule is CCN1CCN(c2ccc(Nc3nccc(-c4c(-c5cccc(NC(=O)Cc6ccccc6Cl)c5)nc5sccn45)n3)cc2)CC1. The number of halogens is 1. The van der Waals surface area contributed by atoms with E-state index in [9.17, 15) is 4.79 Å². The van der Waals surface area contributed by atoms with Gasteiger partial charge in [-0.1, -0.05) is 48.9 Å². The number of rotatable bonds is 9. The number of benzene rings is 3. The second-order valence-corrected chi connectivity index (χ2v) is 12.4. The molecule has 6 aromatic rings. The van der Waals surface area contributed by atoms with Crippen LogP contribution in [-0.4, -0.2) is 62.9 Å². The minimum atomic E-state index is -0.144. The van der Waals surface area contributed by atoms with Crippen LogP contribution in [0.2, 0.25) is 5.02 Å². The number of likely N-dealkylation sites (N-methyl/N-ethyl adjacent to an activating group) is 1. The van der Waals surface area contributed by atoms with Crippen LogP contribution in [0.5, 0.6) is 0 Å². The second-order valence-electron chi connectivity index (χ2n) is 11.1. The molecule has 4 heterocycles. The van der Waals surface area contributed by atoms with Gasteiger partial charge in [-0.25, -0.2) is 15.0 Å². The van der Waals surface area contributed by atoms with Gasteiger partial charge < -0.3 is 20.4 Å². The van der Waals surface area contributed by atoms with E-state index in [0.29, 0.717) is 16.7 Å². The molecule has 46 heavy (non-hydrogen) atoms. The molecule has 232 valence electrons. The van der Waals surface area contributed by atoms with Crippen LogP contribution < -0.4 is 15.5 Å². The lowest BCUT2D eigenvalue weighted by molar-refractivity contribution is -0.115. The molecule has 0 saturated carbocycles. The van der Waals surface area contributed by atoms with E-state index in [1.54, 1.807) is 23.6 Å². The molecule has 0 atom stereocenters. The number of aromatic nitrogens is 4. The van der Waals surface area contributed by atoms with Crippen molar-refractivity contribution in [3.05, 3.63) is 107 Å². The summed E-state index contributed by atoms with van der Waals surface area (Å²) in [6.45, 7) is 7.57. The number of anilines is 4. The van der Waals surface area contributed by atoms with Gasteiger partial charge in [0.15, 0.2) is 4.96 Å². The predicted molar refractivity (Wildman–Crippen MR) is 187 cm³/mol. The van der Waals surface area contributed by atoms with Gasteiger partial charge in [-0.2, -0.15) is 0 Å². The lowest BCUT2D eigenvalue weighted by atomic mass is 10.1. The number of thiazole rings is 1. The van der Waals surface area contributed by atoms with Crippen molar-refractivity contribution in [1.82, 2.24) is 24.3 Å². The smallest absolute Gasteiger partial charge is 0.228 e. The van der Waals surface area contributed by atoms with E-state index in [1.807, 2.05) is 64.5 Å². The molecule has 9 nitrogen and oxygen atoms in total. The number of carbonyl (C=O) groups excluding carboxylic acids is 1. The van der Waals surface area contributed by atoms with Crippen molar-refractivity contribution >= 4 is 56.8 Å². The number of amides is 1. The number of hydrogen-bond donors (Lipinski definition) is 2. The topological polar surface area (TPSA) is 90.7 Å². The number of nitrogens with zero attached hydrogens (tertiary/aromatic N) is 6. The summed E-state index contributed by atoms with van der Waals surface area (Å²) in [5.74, 6) is 0.355. The molecule has 0 unspecified atom stereocenters. The first kappa shape index (κ1) is 29.9. The fourth-order valence-electron chi connectivity index (χ4n) is 5.75. The average molecular weight is 649 g/mol. The van der Waals surface area contributed by atoms with Crippen molar-refractivity contribution in [2.45, 2.75) is 13.3 Å². The first-order chi connectivity index (χ1) is 22.5. The van der Waals surface area contributed by atoms with Crippen molar-refractivity contribution < 1.29 is 4.79 Å². The highest BCUT2D eigenvalue weighted by Gasteiger charge is 2.20. The van der Waals surface area contributed by atoms with Crippen molar-refractivity contribution in [1.29, 1.82) is 0 Å². The van der Waals surface area contributed by atoms with Gasteiger partial charge in [-0.15, -0.1) is 11.3 Å². The summed E-state index contributed by atoms with van der Waals surface area (Å²) >= 11 is 7.83. The number of carbonyl (C=O) groups is 1. The van der Waals surface area contributed by atoms with Crippen LogP contribution in [0.3, 0.4) is 0 Å². The normalized spacial score (nSPS) is 13.7. The van der Waals surface area contributed by atoms with Crippen molar-refractivity contribution in [2.75, 3.05) is 48.3 Å². The molecule has 1 amide bonds. The van der Waals surface area contributed by atoms with Gasteiger partial charge in [0, 0.05) is 71.6 Å². The zero-order valence-corrected chi connectivity index (χ0v) is 26.9. The first-order valence-electron chi connectivity index (χ1n) is 15.3. The second kappa shape index (κ2) is 13.3. The summed E-state index contributed by atoms with van der Waals surface area (Å²) in [7, 11) is 0. The highest BCUT2D eigenvalue weighted by atomic mass is 35.5. The van der Waals surface area contributed by atoms with Crippen LogP contribution >= 0.6 is 22.9 Å². The van der Waals surface area contributed by atoms with Gasteiger partial charge in [0.2, 0.25) is 11.9 Å². The van der Waals surface area contributed by atoms with Gasteiger partial charge in [0.25, 0.3) is 0 Å². The molecule has 3 aromatic heterocycles. The standard InChI is InChI=1S/C35H33ClN8OS/c1-2-42-16-18-43(19-17-42)28-12-10-26(11-13-28)39-34-37-15-14-30(40-34)33-32(41-35-44(33)20-21-46-35)25-7-5-8-27(22-25)38-31(45)23-24-6-3-4-9-29(24)36/h3-15,20-22H,2,16-19,23H2,1H3,(H,38,45)(H,37,39,40). The first-order valence-corrected chi connectivity index (χ1v) is 16.6. The Kier molecular flexibility index (Phi) is 8.65. The van der Waals surface area contributed by atoms with Crippen LogP contribution in [-0.2, 0) is 11.2 Å². The Hall–Kier alpha value is -4.77. The Morgan fingerprint density at radius 1 is 0.935 bits per heavy atom. The summed E-state index contributed by atoms with van der Waals surface area (Å²) in [6.07, 6.45) is 3.94. The number of fused-ring (bicyclic) bond motifs is 1. The van der Waals surface area contributed by atoms with Crippen molar-refractivity contribution in [3.63, 3.8) is 0 Å². The van der Waals surface area contributed by atoms with E-state index >= 15 is 0 Å². The van der Waals surface area contributed by atoms with Gasteiger partial charge in [-0.3, -0.25) is 9.20 Å². The van der Waals surface area contributed by atoms with E-state index in [1.165, 1.54) is 5.69 Å². The third-order valence-corrected chi connectivity index (χ3v) is 9.32. The van der Waals surface area contributed by atoms with Gasteiger partial charge in [0.05, 0.1) is 17.8 Å². The Morgan fingerprint density at radius 3 is 2.57 bits per heavy atom. The van der Waals surface area contributed by atoms with E-state index in [-0.39, 0.29) is 12.3 Å². The molecule has 11 heteroatoms. The average Bonchev–Trinajstić information content (AvgIpc) is 3.69. The molecule has 2 N–H and O–H groups in total. The summed E-state index contributed by atoms with van der Waals surface area (Å²) in [4.78, 5) is 33.0. The van der Waals surface area contributed by atoms with Gasteiger partial charge >= 0.3 is 0 Å². The molecule has 0 radical (unpaired) electrons. The molecule has 0 bridgehead atoms. The fraction of sp³-hybridized carbons (Fsp3) is 0.200. The molecular weight excluding hydrogens is 616 g/mol. The lowest BCUT2D eigenvalue weighted by Crippen LogP contribution is -2.46. The number of imidazole rings is 1. The molecule has 0 aliphatic carbocycles. The van der Waals surface area contributed by atoms with E-state index in [4.69, 9.17) is 21.6 Å². The van der Waals surface area contributed by atoms with Crippen molar-refractivity contribution in [2.24, 2.45) is 0 Å². The predicted octanol–water partition coefficient (Wildman–Crippen LogP) is 7.24. The molecule has 7 rings (SSSR count). The quantitative estimate of drug-likeness (QED) is 0.171. The molecule has 1 fully saturated rings. The Morgan fingerprint density at radius 2 is 1.76 bits per heavy atom. The zero-order valence-electron chi connectivity index (χ0n) is 25.4. The van der Waals surface area contributed by atoms with Gasteiger partial charge in [-0.05, 0) is 60.6 Å². The third kappa shape index (κ3) is 6.46. The van der Waals surface area contributed by atoms with E-state index in [0.717, 1.165) is 71.6 Å². The monoisotopic (exact) mass is 648 g/mol. The third-order valence-electron chi connectivity index (χ3n) is 8.20. The summed E-state index contributed by atoms with van der Waals surface area (Å²) < 4.78 is 2.04. The lowest BCUT2D eigenvalue weighted by Gasteiger charge is -2.35. The summed E-state index contributed by atoms with van der Waals surface area (Å²) in [5.41, 5.74) is 6.82. The van der Waals surface area contributed by atoms with Crippen molar-refractivity contribution in [3.8, 4) is 22.6 Å². The fourth-order valence-corrected chi connectivity index (χ4v) is 6.67. The summed E-state index contributed by atoms with van der Waals surface area (Å²) in [5, 5.41) is 8.97. The maximum absolute atomic E-state index is 12.9. The van der Waals surface area contributed by atoms with Crippen LogP contribution in [0, 0.1) is 0 Å². The number of hydrogen-bond acceptors (Lipinski definition) is 8. The number of nitrogens with one attached hydrogen (secondary N) is 2. The Balaban J connectivity index is 1.11. The molecular formula is C35H33ClN8OS. The zero-order chi connectivity index (χ0) is 31.5. The van der Waals surface area contributed by atoms with Crippen LogP contribution in [0.4, 0.5) is 23.0 Å². The van der Waals surface area contributed by atoms with Crippen LogP contribution in [0.1, 0.15) is 12.5 Å². The van der Waals surface area contributed by atoms with Crippen LogP contribution in [0.15, 0.2) is 96.6 Å². The highest BCUT2D eigenvalue weighted by Crippen LogP contribution is 2.35. The maximum Gasteiger partial charge on any atom is 0.228 e. The van der Waals surface area contributed by atoms with E-state index < -0.39 is 0 Å². The molecule has 3 aromatic carbocycles. The largest absolute Gasteiger partial charge is 0.369 e. The molecule has 1 aliphatic heterocycles. The van der Waals surface area contributed by atoms with Gasteiger partial charge in [0.1, 0.15) is 5.69 Å². The van der Waals surface area contributed by atoms with Crippen LogP contribution in [0.25, 0.3) is 27.6 Å². The minimum Gasteiger partial charge on any atom is -0.369 e. The summed E-state index contributed by atoms with van der Waals surface area (Å²) in [6, 6.07) is 25.4. The minimum absolute atomic E-state index is 0.144. The Labute approximate surface area is 276 Å². The molecule has 1 aliphatic rings. The highest BCUT2D eigenvalue weighted by molar-refractivity contribution is 7.15.